The Balaban J connectivity index is 1.67. The topological polar surface area (TPSA) is 86.3 Å². The molecular weight excluding hydrogens is 570 g/mol. The van der Waals surface area contributed by atoms with Gasteiger partial charge in [0.15, 0.2) is 0 Å². The van der Waals surface area contributed by atoms with E-state index >= 15 is 0 Å². The summed E-state index contributed by atoms with van der Waals surface area (Å²) in [5.74, 6) is -0.166. The molecule has 0 radical (unpaired) electrons. The number of carbonyl (C=O) groups is 2. The monoisotopic (exact) mass is 585 g/mol. The number of nitrogens with one attached hydrogen (secondary N) is 1. The molecule has 0 bridgehead atoms. The van der Waals surface area contributed by atoms with Crippen LogP contribution in [0.5, 0.6) is 0 Å². The first-order valence-electron chi connectivity index (χ1n) is 9.92. The van der Waals surface area contributed by atoms with E-state index in [1.807, 2.05) is 42.5 Å². The van der Waals surface area contributed by atoms with Gasteiger partial charge in [0.1, 0.15) is 22.4 Å². The molecule has 0 saturated carbocycles. The van der Waals surface area contributed by atoms with Crippen LogP contribution in [0, 0.1) is 11.3 Å². The summed E-state index contributed by atoms with van der Waals surface area (Å²) in [6.45, 7) is 0.142. The first kappa shape index (κ1) is 23.4. The number of furan rings is 1. The fraction of sp³-hybridized carbons (Fsp3) is 0.125. The number of hydrogen-bond acceptors (Lipinski definition) is 5. The number of nitrogens with zero attached hydrogens (tertiary/aromatic N) is 2. The lowest BCUT2D eigenvalue weighted by molar-refractivity contribution is -0.117. The summed E-state index contributed by atoms with van der Waals surface area (Å²) >= 11 is 8.06. The first-order chi connectivity index (χ1) is 16.0. The summed E-state index contributed by atoms with van der Waals surface area (Å²) in [6, 6.07) is 20.4. The van der Waals surface area contributed by atoms with Crippen LogP contribution in [0.4, 0.5) is 5.69 Å². The van der Waals surface area contributed by atoms with Crippen LogP contribution in [-0.4, -0.2) is 17.1 Å². The smallest absolute Gasteiger partial charge is 0.265 e. The predicted octanol–water partition coefficient (Wildman–Crippen LogP) is 5.55. The Hall–Kier alpha value is -2.80. The third-order valence-corrected chi connectivity index (χ3v) is 7.25. The lowest BCUT2D eigenvalue weighted by Gasteiger charge is -2.18. The van der Waals surface area contributed by atoms with E-state index in [4.69, 9.17) is 4.42 Å². The standard InChI is InChI=1S/C24H17Br2N3O3S/c25-16-5-3-15(4-6-16)12-21-23(31)29(18-9-7-17(26)8-10-18)24(33-21)20(13-27)22(30)28-14-19-2-1-11-32-19/h1-11,21H,12,14H2,(H,28,30)/b24-20-/t21-/m1/s1. The van der Waals surface area contributed by atoms with Crippen LogP contribution in [-0.2, 0) is 22.6 Å². The van der Waals surface area contributed by atoms with Crippen LogP contribution in [0.15, 0.2) is 90.9 Å². The molecule has 6 nitrogen and oxygen atoms in total. The number of thioether (sulfide) groups is 1. The summed E-state index contributed by atoms with van der Waals surface area (Å²) in [5.41, 5.74) is 1.47. The maximum atomic E-state index is 13.5. The van der Waals surface area contributed by atoms with Gasteiger partial charge in [0.2, 0.25) is 5.91 Å². The number of benzene rings is 2. The van der Waals surface area contributed by atoms with Gasteiger partial charge >= 0.3 is 0 Å². The van der Waals surface area contributed by atoms with E-state index in [-0.39, 0.29) is 18.0 Å². The van der Waals surface area contributed by atoms with Crippen molar-refractivity contribution >= 4 is 61.1 Å². The van der Waals surface area contributed by atoms with Gasteiger partial charge in [-0.15, -0.1) is 0 Å². The Kier molecular flexibility index (Phi) is 7.38. The van der Waals surface area contributed by atoms with Gasteiger partial charge in [0.25, 0.3) is 5.91 Å². The Labute approximate surface area is 211 Å². The van der Waals surface area contributed by atoms with Gasteiger partial charge in [-0.1, -0.05) is 55.8 Å². The maximum Gasteiger partial charge on any atom is 0.265 e. The minimum atomic E-state index is -0.560. The van der Waals surface area contributed by atoms with Crippen molar-refractivity contribution in [3.63, 3.8) is 0 Å². The number of rotatable bonds is 6. The first-order valence-corrected chi connectivity index (χ1v) is 12.4. The third kappa shape index (κ3) is 5.41. The Bertz CT molecular complexity index is 1230. The molecule has 2 amide bonds. The zero-order valence-electron chi connectivity index (χ0n) is 17.1. The molecule has 2 heterocycles. The molecule has 4 rings (SSSR count). The van der Waals surface area contributed by atoms with E-state index in [0.717, 1.165) is 14.5 Å². The van der Waals surface area contributed by atoms with Crippen LogP contribution in [0.1, 0.15) is 11.3 Å². The maximum absolute atomic E-state index is 13.5. The van der Waals surface area contributed by atoms with E-state index in [2.05, 4.69) is 37.2 Å². The quantitative estimate of drug-likeness (QED) is 0.302. The van der Waals surface area contributed by atoms with Gasteiger partial charge in [-0.05, 0) is 60.5 Å². The van der Waals surface area contributed by atoms with E-state index in [1.54, 1.807) is 24.3 Å². The van der Waals surface area contributed by atoms with Crippen LogP contribution >= 0.6 is 43.6 Å². The molecule has 1 aliphatic heterocycles. The van der Waals surface area contributed by atoms with Crippen LogP contribution < -0.4 is 10.2 Å². The van der Waals surface area contributed by atoms with Crippen LogP contribution in [0.2, 0.25) is 0 Å². The predicted molar refractivity (Wildman–Crippen MR) is 134 cm³/mol. The Morgan fingerprint density at radius 1 is 1.09 bits per heavy atom. The second-order valence-electron chi connectivity index (χ2n) is 7.14. The average Bonchev–Trinajstić information content (AvgIpc) is 3.44. The van der Waals surface area contributed by atoms with Crippen LogP contribution in [0.25, 0.3) is 0 Å². The minimum Gasteiger partial charge on any atom is -0.467 e. The SMILES string of the molecule is N#C/C(C(=O)NCc1ccco1)=C1/S[C@H](Cc2ccc(Br)cc2)C(=O)N1c1ccc(Br)cc1. The van der Waals surface area contributed by atoms with Gasteiger partial charge in [-0.2, -0.15) is 5.26 Å². The lowest BCUT2D eigenvalue weighted by Crippen LogP contribution is -2.32. The van der Waals surface area contributed by atoms with E-state index in [1.165, 1.54) is 22.9 Å². The summed E-state index contributed by atoms with van der Waals surface area (Å²) in [7, 11) is 0. The molecule has 1 fully saturated rings. The molecule has 166 valence electrons. The number of hydrogen-bond donors (Lipinski definition) is 1. The molecule has 33 heavy (non-hydrogen) atoms. The normalized spacial score (nSPS) is 17.1. The number of anilines is 1. The zero-order chi connectivity index (χ0) is 23.4. The molecule has 1 atom stereocenters. The molecule has 1 N–H and O–H groups in total. The van der Waals surface area contributed by atoms with Gasteiger partial charge in [0, 0.05) is 14.6 Å². The van der Waals surface area contributed by atoms with Crippen molar-refractivity contribution < 1.29 is 14.0 Å². The lowest BCUT2D eigenvalue weighted by atomic mass is 10.1. The molecule has 1 saturated heterocycles. The molecule has 3 aromatic rings. The summed E-state index contributed by atoms with van der Waals surface area (Å²) in [4.78, 5) is 27.8. The molecule has 2 aromatic carbocycles. The molecular formula is C24H17Br2N3O3S. The van der Waals surface area contributed by atoms with Crippen molar-refractivity contribution in [2.24, 2.45) is 0 Å². The molecule has 0 spiro atoms. The van der Waals surface area contributed by atoms with Gasteiger partial charge in [-0.3, -0.25) is 14.5 Å². The van der Waals surface area contributed by atoms with Gasteiger partial charge < -0.3 is 9.73 Å². The fourth-order valence-corrected chi connectivity index (χ4v) is 5.15. The zero-order valence-corrected chi connectivity index (χ0v) is 21.1. The van der Waals surface area contributed by atoms with E-state index in [0.29, 0.717) is 22.9 Å². The molecule has 0 aliphatic carbocycles. The van der Waals surface area contributed by atoms with Crippen molar-refractivity contribution in [2.45, 2.75) is 18.2 Å². The number of carbonyl (C=O) groups excluding carboxylic acids is 2. The van der Waals surface area contributed by atoms with E-state index in [9.17, 15) is 14.9 Å². The van der Waals surface area contributed by atoms with E-state index < -0.39 is 11.2 Å². The summed E-state index contributed by atoms with van der Waals surface area (Å²) in [5, 5.41) is 12.4. The molecule has 0 unspecified atom stereocenters. The fourth-order valence-electron chi connectivity index (χ4n) is 3.32. The number of amides is 2. The third-order valence-electron chi connectivity index (χ3n) is 4.93. The van der Waals surface area contributed by atoms with Gasteiger partial charge in [-0.25, -0.2) is 0 Å². The Morgan fingerprint density at radius 3 is 2.36 bits per heavy atom. The van der Waals surface area contributed by atoms with Crippen molar-refractivity contribution in [2.75, 3.05) is 4.90 Å². The summed E-state index contributed by atoms with van der Waals surface area (Å²) < 4.78 is 7.05. The van der Waals surface area contributed by atoms with Crippen molar-refractivity contribution in [1.82, 2.24) is 5.32 Å². The highest BCUT2D eigenvalue weighted by molar-refractivity contribution is 9.10. The second kappa shape index (κ2) is 10.4. The van der Waals surface area contributed by atoms with Crippen LogP contribution in [0.3, 0.4) is 0 Å². The van der Waals surface area contributed by atoms with Crippen molar-refractivity contribution in [3.8, 4) is 6.07 Å². The molecule has 1 aromatic heterocycles. The Morgan fingerprint density at radius 2 is 1.76 bits per heavy atom. The minimum absolute atomic E-state index is 0.110. The highest BCUT2D eigenvalue weighted by atomic mass is 79.9. The number of halogens is 2. The second-order valence-corrected chi connectivity index (χ2v) is 10.2. The molecule has 9 heteroatoms. The highest BCUT2D eigenvalue weighted by Gasteiger charge is 2.40. The number of nitriles is 1. The summed E-state index contributed by atoms with van der Waals surface area (Å²) in [6.07, 6.45) is 1.98. The van der Waals surface area contributed by atoms with Gasteiger partial charge in [0.05, 0.1) is 18.1 Å². The average molecular weight is 587 g/mol. The van der Waals surface area contributed by atoms with Crippen molar-refractivity contribution in [3.05, 3.63) is 97.8 Å². The largest absolute Gasteiger partial charge is 0.467 e. The highest BCUT2D eigenvalue weighted by Crippen LogP contribution is 2.42. The molecule has 1 aliphatic rings. The van der Waals surface area contributed by atoms with Crippen molar-refractivity contribution in [1.29, 1.82) is 5.26 Å².